The predicted molar refractivity (Wildman–Crippen MR) is 55.9 cm³/mol. The first kappa shape index (κ1) is 10.8. The van der Waals surface area contributed by atoms with E-state index in [1.165, 1.54) is 31.2 Å². The SMILES string of the molecule is CC(=O)/C=N/Nc1ccc([N+](=O)[O-])cc1. The van der Waals surface area contributed by atoms with Gasteiger partial charge >= 0.3 is 0 Å². The first-order valence-corrected chi connectivity index (χ1v) is 4.13. The lowest BCUT2D eigenvalue weighted by molar-refractivity contribution is -0.384. The van der Waals surface area contributed by atoms with Crippen LogP contribution in [0.4, 0.5) is 11.4 Å². The van der Waals surface area contributed by atoms with E-state index >= 15 is 0 Å². The van der Waals surface area contributed by atoms with Crippen molar-refractivity contribution in [3.63, 3.8) is 0 Å². The van der Waals surface area contributed by atoms with Crippen molar-refractivity contribution in [2.45, 2.75) is 6.92 Å². The number of nitro benzene ring substituents is 1. The number of carbonyl (C=O) groups excluding carboxylic acids is 1. The molecule has 0 unspecified atom stereocenters. The molecule has 0 aliphatic carbocycles. The zero-order valence-electron chi connectivity index (χ0n) is 8.01. The smallest absolute Gasteiger partial charge is 0.269 e. The summed E-state index contributed by atoms with van der Waals surface area (Å²) in [6, 6.07) is 5.72. The monoisotopic (exact) mass is 207 g/mol. The zero-order chi connectivity index (χ0) is 11.3. The van der Waals surface area contributed by atoms with E-state index in [4.69, 9.17) is 0 Å². The molecule has 0 radical (unpaired) electrons. The summed E-state index contributed by atoms with van der Waals surface area (Å²) in [5, 5.41) is 13.9. The zero-order valence-corrected chi connectivity index (χ0v) is 8.01. The summed E-state index contributed by atoms with van der Waals surface area (Å²) in [6.07, 6.45) is 1.13. The first-order valence-electron chi connectivity index (χ1n) is 4.13. The second kappa shape index (κ2) is 4.85. The van der Waals surface area contributed by atoms with Crippen LogP contribution in [-0.4, -0.2) is 16.9 Å². The van der Waals surface area contributed by atoms with Crippen LogP contribution in [-0.2, 0) is 4.79 Å². The molecule has 0 atom stereocenters. The number of nitrogens with one attached hydrogen (secondary N) is 1. The number of hydrogen-bond acceptors (Lipinski definition) is 5. The number of anilines is 1. The maximum atomic E-state index is 10.5. The number of benzene rings is 1. The molecule has 0 aliphatic rings. The fourth-order valence-electron chi connectivity index (χ4n) is 0.855. The number of nitro groups is 1. The molecule has 1 rings (SSSR count). The minimum atomic E-state index is -0.484. The van der Waals surface area contributed by atoms with Crippen LogP contribution in [0.5, 0.6) is 0 Å². The summed E-state index contributed by atoms with van der Waals surface area (Å²) in [5.74, 6) is -0.176. The topological polar surface area (TPSA) is 84.6 Å². The number of hydrazone groups is 1. The Kier molecular flexibility index (Phi) is 3.50. The van der Waals surface area contributed by atoms with Gasteiger partial charge in [0.2, 0.25) is 0 Å². The third kappa shape index (κ3) is 3.55. The van der Waals surface area contributed by atoms with Crippen molar-refractivity contribution in [1.82, 2.24) is 0 Å². The molecule has 0 bridgehead atoms. The van der Waals surface area contributed by atoms with Crippen LogP contribution >= 0.6 is 0 Å². The van der Waals surface area contributed by atoms with E-state index in [9.17, 15) is 14.9 Å². The largest absolute Gasteiger partial charge is 0.293 e. The molecule has 0 heterocycles. The standard InChI is InChI=1S/C9H9N3O3/c1-7(13)6-10-11-8-2-4-9(5-3-8)12(14)15/h2-6,11H,1H3/b10-6+. The van der Waals surface area contributed by atoms with Crippen molar-refractivity contribution in [2.75, 3.05) is 5.43 Å². The first-order chi connectivity index (χ1) is 7.09. The lowest BCUT2D eigenvalue weighted by Crippen LogP contribution is -1.95. The van der Waals surface area contributed by atoms with Gasteiger partial charge in [-0.3, -0.25) is 20.3 Å². The van der Waals surface area contributed by atoms with Gasteiger partial charge in [-0.1, -0.05) is 0 Å². The van der Waals surface area contributed by atoms with Crippen LogP contribution in [0.15, 0.2) is 29.4 Å². The number of nitrogens with zero attached hydrogens (tertiary/aromatic N) is 2. The average Bonchev–Trinajstić information content (AvgIpc) is 2.18. The third-order valence-electron chi connectivity index (χ3n) is 1.52. The van der Waals surface area contributed by atoms with Gasteiger partial charge in [0, 0.05) is 19.1 Å². The van der Waals surface area contributed by atoms with E-state index in [1.54, 1.807) is 0 Å². The van der Waals surface area contributed by atoms with Crippen molar-refractivity contribution in [3.8, 4) is 0 Å². The van der Waals surface area contributed by atoms with Gasteiger partial charge in [-0.15, -0.1) is 0 Å². The lowest BCUT2D eigenvalue weighted by Gasteiger charge is -1.97. The average molecular weight is 207 g/mol. The molecule has 0 aliphatic heterocycles. The Balaban J connectivity index is 2.65. The molecule has 1 aromatic rings. The van der Waals surface area contributed by atoms with Gasteiger partial charge in [-0.25, -0.2) is 0 Å². The highest BCUT2D eigenvalue weighted by molar-refractivity contribution is 6.26. The molecule has 0 spiro atoms. The number of carbonyl (C=O) groups is 1. The maximum absolute atomic E-state index is 10.5. The fourth-order valence-corrected chi connectivity index (χ4v) is 0.855. The van der Waals surface area contributed by atoms with E-state index in [-0.39, 0.29) is 11.5 Å². The van der Waals surface area contributed by atoms with Gasteiger partial charge in [0.1, 0.15) is 0 Å². The van der Waals surface area contributed by atoms with E-state index in [2.05, 4.69) is 10.5 Å². The van der Waals surface area contributed by atoms with Crippen molar-refractivity contribution >= 4 is 23.4 Å². The second-order valence-electron chi connectivity index (χ2n) is 2.78. The van der Waals surface area contributed by atoms with Gasteiger partial charge in [0.15, 0.2) is 5.78 Å². The molecule has 1 aromatic carbocycles. The van der Waals surface area contributed by atoms with Gasteiger partial charge < -0.3 is 0 Å². The summed E-state index contributed by atoms with van der Waals surface area (Å²) in [6.45, 7) is 1.38. The number of Topliss-reactive ketones (excluding diaryl/α,β-unsaturated/α-hetero) is 1. The number of non-ortho nitro benzene ring substituents is 1. The summed E-state index contributed by atoms with van der Waals surface area (Å²) < 4.78 is 0. The molecule has 0 fully saturated rings. The molecule has 0 saturated heterocycles. The van der Waals surface area contributed by atoms with Gasteiger partial charge in [-0.05, 0) is 12.1 Å². The molecule has 0 aromatic heterocycles. The van der Waals surface area contributed by atoms with Crippen LogP contribution in [0.2, 0.25) is 0 Å². The number of ketones is 1. The Bertz CT molecular complexity index is 398. The third-order valence-corrected chi connectivity index (χ3v) is 1.52. The van der Waals surface area contributed by atoms with Crippen molar-refractivity contribution in [3.05, 3.63) is 34.4 Å². The van der Waals surface area contributed by atoms with Crippen molar-refractivity contribution in [1.29, 1.82) is 0 Å². The normalized spacial score (nSPS) is 10.2. The Labute approximate surface area is 85.8 Å². The molecular formula is C9H9N3O3. The highest BCUT2D eigenvalue weighted by Gasteiger charge is 2.02. The van der Waals surface area contributed by atoms with Crippen LogP contribution in [0.25, 0.3) is 0 Å². The molecule has 6 heteroatoms. The molecule has 15 heavy (non-hydrogen) atoms. The summed E-state index contributed by atoms with van der Waals surface area (Å²) in [5.41, 5.74) is 3.16. The van der Waals surface area contributed by atoms with Crippen molar-refractivity contribution < 1.29 is 9.72 Å². The molecule has 1 N–H and O–H groups in total. The van der Waals surface area contributed by atoms with Gasteiger partial charge in [-0.2, -0.15) is 5.10 Å². The van der Waals surface area contributed by atoms with Crippen LogP contribution in [0, 0.1) is 10.1 Å². The van der Waals surface area contributed by atoms with Crippen molar-refractivity contribution in [2.24, 2.45) is 5.10 Å². The van der Waals surface area contributed by atoms with Gasteiger partial charge in [0.25, 0.3) is 5.69 Å². The van der Waals surface area contributed by atoms with E-state index in [0.717, 1.165) is 6.21 Å². The Morgan fingerprint density at radius 1 is 1.47 bits per heavy atom. The minimum absolute atomic E-state index is 0.0103. The Morgan fingerprint density at radius 2 is 2.07 bits per heavy atom. The predicted octanol–water partition coefficient (Wildman–Crippen LogP) is 1.58. The molecule has 0 saturated carbocycles. The van der Waals surface area contributed by atoms with E-state index in [1.807, 2.05) is 0 Å². The molecule has 0 amide bonds. The number of rotatable bonds is 4. The summed E-state index contributed by atoms with van der Waals surface area (Å²) >= 11 is 0. The maximum Gasteiger partial charge on any atom is 0.269 e. The fraction of sp³-hybridized carbons (Fsp3) is 0.111. The Hall–Kier alpha value is -2.24. The van der Waals surface area contributed by atoms with E-state index < -0.39 is 4.92 Å². The molecular weight excluding hydrogens is 198 g/mol. The summed E-state index contributed by atoms with van der Waals surface area (Å²) in [4.78, 5) is 20.3. The second-order valence-corrected chi connectivity index (χ2v) is 2.78. The quantitative estimate of drug-likeness (QED) is 0.461. The van der Waals surface area contributed by atoms with E-state index in [0.29, 0.717) is 5.69 Å². The highest BCUT2D eigenvalue weighted by atomic mass is 16.6. The number of hydrogen-bond donors (Lipinski definition) is 1. The van der Waals surface area contributed by atoms with Gasteiger partial charge in [0.05, 0.1) is 16.8 Å². The van der Waals surface area contributed by atoms with Crippen LogP contribution < -0.4 is 5.43 Å². The Morgan fingerprint density at radius 3 is 2.53 bits per heavy atom. The minimum Gasteiger partial charge on any atom is -0.293 e. The molecule has 78 valence electrons. The lowest BCUT2D eigenvalue weighted by atomic mass is 10.3. The summed E-state index contributed by atoms with van der Waals surface area (Å²) in [7, 11) is 0. The van der Waals surface area contributed by atoms with Crippen LogP contribution in [0.1, 0.15) is 6.92 Å². The van der Waals surface area contributed by atoms with Crippen LogP contribution in [0.3, 0.4) is 0 Å². The molecule has 6 nitrogen and oxygen atoms in total. The highest BCUT2D eigenvalue weighted by Crippen LogP contribution is 2.14.